The van der Waals surface area contributed by atoms with E-state index in [0.29, 0.717) is 0 Å². The Morgan fingerprint density at radius 1 is 1.30 bits per heavy atom. The van der Waals surface area contributed by atoms with Crippen LogP contribution >= 0.6 is 27.5 Å². The molecule has 0 saturated heterocycles. The van der Waals surface area contributed by atoms with E-state index < -0.39 is 0 Å². The fourth-order valence-electron chi connectivity index (χ4n) is 0.530. The second-order valence-electron chi connectivity index (χ2n) is 1.73. The Morgan fingerprint density at radius 3 is 2.40 bits per heavy atom. The van der Waals surface area contributed by atoms with Crippen molar-refractivity contribution in [3.63, 3.8) is 0 Å². The molecule has 0 fully saturated rings. The summed E-state index contributed by atoms with van der Waals surface area (Å²) in [6.07, 6.45) is 0. The Kier molecular flexibility index (Phi) is 2.06. The van der Waals surface area contributed by atoms with Crippen LogP contribution in [0.15, 0.2) is 16.6 Å². The predicted molar refractivity (Wildman–Crippen MR) is 42.5 cm³/mol. The smallest absolute Gasteiger partial charge is 0.152 e. The molecule has 0 saturated carbocycles. The summed E-state index contributed by atoms with van der Waals surface area (Å²) < 4.78 is 0.222. The summed E-state index contributed by atoms with van der Waals surface area (Å²) in [5.41, 5.74) is 0. The Morgan fingerprint density at radius 2 is 1.90 bits per heavy atom. The molecule has 0 heterocycles. The third-order valence-electron chi connectivity index (χ3n) is 1.05. The SMILES string of the molecule is Oc1ccc(Cl)c(O)c1Br. The molecule has 0 radical (unpaired) electrons. The van der Waals surface area contributed by atoms with E-state index in [0.717, 1.165) is 0 Å². The topological polar surface area (TPSA) is 40.5 Å². The van der Waals surface area contributed by atoms with Gasteiger partial charge in [0.2, 0.25) is 0 Å². The molecule has 0 aliphatic heterocycles. The van der Waals surface area contributed by atoms with Crippen LogP contribution in [0.1, 0.15) is 0 Å². The van der Waals surface area contributed by atoms with Crippen LogP contribution in [0.3, 0.4) is 0 Å². The summed E-state index contributed by atoms with van der Waals surface area (Å²) in [6.45, 7) is 0. The third-order valence-corrected chi connectivity index (χ3v) is 2.13. The molecular formula is C6H4BrClO2. The minimum Gasteiger partial charge on any atom is -0.507 e. The first-order chi connectivity index (χ1) is 4.63. The lowest BCUT2D eigenvalue weighted by atomic mass is 10.3. The highest BCUT2D eigenvalue weighted by atomic mass is 79.9. The van der Waals surface area contributed by atoms with Gasteiger partial charge in [-0.3, -0.25) is 0 Å². The van der Waals surface area contributed by atoms with E-state index in [-0.39, 0.29) is 21.0 Å². The third kappa shape index (κ3) is 1.20. The first kappa shape index (κ1) is 7.69. The first-order valence-electron chi connectivity index (χ1n) is 2.49. The van der Waals surface area contributed by atoms with Crippen molar-refractivity contribution in [3.05, 3.63) is 21.6 Å². The zero-order valence-electron chi connectivity index (χ0n) is 4.81. The van der Waals surface area contributed by atoms with E-state index in [4.69, 9.17) is 21.8 Å². The normalized spacial score (nSPS) is 9.80. The van der Waals surface area contributed by atoms with Gasteiger partial charge in [-0.25, -0.2) is 0 Å². The zero-order valence-corrected chi connectivity index (χ0v) is 7.15. The van der Waals surface area contributed by atoms with E-state index in [1.54, 1.807) is 0 Å². The van der Waals surface area contributed by atoms with Crippen LogP contribution in [0.25, 0.3) is 0 Å². The summed E-state index contributed by atoms with van der Waals surface area (Å²) in [7, 11) is 0. The Balaban J connectivity index is 3.34. The maximum Gasteiger partial charge on any atom is 0.152 e. The van der Waals surface area contributed by atoms with Gasteiger partial charge in [-0.05, 0) is 28.1 Å². The minimum atomic E-state index is -0.137. The van der Waals surface area contributed by atoms with Gasteiger partial charge in [-0.2, -0.15) is 0 Å². The van der Waals surface area contributed by atoms with Crippen LogP contribution in [-0.4, -0.2) is 10.2 Å². The van der Waals surface area contributed by atoms with Crippen molar-refractivity contribution < 1.29 is 10.2 Å². The second kappa shape index (κ2) is 2.68. The molecule has 0 aliphatic rings. The van der Waals surface area contributed by atoms with Gasteiger partial charge in [-0.1, -0.05) is 11.6 Å². The van der Waals surface area contributed by atoms with E-state index in [2.05, 4.69) is 15.9 Å². The standard InChI is InChI=1S/C6H4BrClO2/c7-5-4(9)2-1-3(8)6(5)10/h1-2,9-10H. The van der Waals surface area contributed by atoms with Crippen LogP contribution in [0.5, 0.6) is 11.5 Å². The summed E-state index contributed by atoms with van der Waals surface area (Å²) in [4.78, 5) is 0. The lowest BCUT2D eigenvalue weighted by molar-refractivity contribution is 0.444. The van der Waals surface area contributed by atoms with Gasteiger partial charge in [0.15, 0.2) is 5.75 Å². The van der Waals surface area contributed by atoms with Gasteiger partial charge in [0.1, 0.15) is 10.2 Å². The van der Waals surface area contributed by atoms with E-state index in [1.165, 1.54) is 12.1 Å². The second-order valence-corrected chi connectivity index (χ2v) is 2.93. The molecule has 10 heavy (non-hydrogen) atoms. The van der Waals surface area contributed by atoms with Crippen molar-refractivity contribution in [2.24, 2.45) is 0 Å². The quantitative estimate of drug-likeness (QED) is 0.709. The number of hydrogen-bond acceptors (Lipinski definition) is 2. The number of halogens is 2. The average molecular weight is 223 g/mol. The van der Waals surface area contributed by atoms with Crippen molar-refractivity contribution in [2.45, 2.75) is 0 Å². The average Bonchev–Trinajstić information content (AvgIpc) is 1.93. The summed E-state index contributed by atoms with van der Waals surface area (Å²) in [5.74, 6) is -0.163. The van der Waals surface area contributed by atoms with Gasteiger partial charge in [-0.15, -0.1) is 0 Å². The van der Waals surface area contributed by atoms with Gasteiger partial charge >= 0.3 is 0 Å². The summed E-state index contributed by atoms with van der Waals surface area (Å²) in [5, 5.41) is 18.2. The predicted octanol–water partition coefficient (Wildman–Crippen LogP) is 2.51. The molecule has 1 rings (SSSR count). The van der Waals surface area contributed by atoms with Crippen LogP contribution in [-0.2, 0) is 0 Å². The number of phenols is 2. The maximum atomic E-state index is 9.05. The molecule has 2 N–H and O–H groups in total. The number of phenolic OH excluding ortho intramolecular Hbond substituents is 2. The molecule has 0 aromatic heterocycles. The van der Waals surface area contributed by atoms with E-state index in [1.807, 2.05) is 0 Å². The van der Waals surface area contributed by atoms with Crippen molar-refractivity contribution >= 4 is 27.5 Å². The maximum absolute atomic E-state index is 9.05. The van der Waals surface area contributed by atoms with Crippen molar-refractivity contribution in [2.75, 3.05) is 0 Å². The minimum absolute atomic E-state index is 0.0260. The molecule has 1 aromatic carbocycles. The highest BCUT2D eigenvalue weighted by Gasteiger charge is 2.06. The molecule has 54 valence electrons. The van der Waals surface area contributed by atoms with E-state index in [9.17, 15) is 0 Å². The zero-order chi connectivity index (χ0) is 7.72. The summed E-state index contributed by atoms with van der Waals surface area (Å²) >= 11 is 8.44. The highest BCUT2D eigenvalue weighted by Crippen LogP contribution is 2.37. The number of hydrogen-bond donors (Lipinski definition) is 2. The first-order valence-corrected chi connectivity index (χ1v) is 3.66. The molecule has 0 amide bonds. The highest BCUT2D eigenvalue weighted by molar-refractivity contribution is 9.10. The number of benzene rings is 1. The Labute approximate surface area is 71.2 Å². The van der Waals surface area contributed by atoms with Crippen LogP contribution in [0, 0.1) is 0 Å². The van der Waals surface area contributed by atoms with Gasteiger partial charge in [0, 0.05) is 0 Å². The van der Waals surface area contributed by atoms with Crippen molar-refractivity contribution in [3.8, 4) is 11.5 Å². The molecular weight excluding hydrogens is 219 g/mol. The van der Waals surface area contributed by atoms with Crippen molar-refractivity contribution in [1.29, 1.82) is 0 Å². The molecule has 0 bridgehead atoms. The van der Waals surface area contributed by atoms with Gasteiger partial charge in [0.25, 0.3) is 0 Å². The molecule has 2 nitrogen and oxygen atoms in total. The molecule has 0 spiro atoms. The monoisotopic (exact) mass is 222 g/mol. The number of rotatable bonds is 0. The summed E-state index contributed by atoms with van der Waals surface area (Å²) in [6, 6.07) is 2.81. The lowest BCUT2D eigenvalue weighted by Crippen LogP contribution is -1.71. The van der Waals surface area contributed by atoms with Crippen molar-refractivity contribution in [1.82, 2.24) is 0 Å². The van der Waals surface area contributed by atoms with Crippen LogP contribution in [0.2, 0.25) is 5.02 Å². The van der Waals surface area contributed by atoms with Crippen LogP contribution < -0.4 is 0 Å². The molecule has 0 unspecified atom stereocenters. The molecule has 0 aliphatic carbocycles. The Hall–Kier alpha value is -0.410. The Bertz CT molecular complexity index is 235. The number of aromatic hydroxyl groups is 2. The fraction of sp³-hybridized carbons (Fsp3) is 0. The molecule has 4 heteroatoms. The largest absolute Gasteiger partial charge is 0.507 e. The van der Waals surface area contributed by atoms with Gasteiger partial charge < -0.3 is 10.2 Å². The molecule has 1 aromatic rings. The molecule has 0 atom stereocenters. The fourth-order valence-corrected chi connectivity index (χ4v) is 1.15. The van der Waals surface area contributed by atoms with Crippen LogP contribution in [0.4, 0.5) is 0 Å². The van der Waals surface area contributed by atoms with E-state index >= 15 is 0 Å². The lowest BCUT2D eigenvalue weighted by Gasteiger charge is -2.00. The van der Waals surface area contributed by atoms with Gasteiger partial charge in [0.05, 0.1) is 5.02 Å².